The number of halogens is 3. The lowest BCUT2D eigenvalue weighted by atomic mass is 9.81. The minimum Gasteiger partial charge on any atom is -0.325 e. The summed E-state index contributed by atoms with van der Waals surface area (Å²) >= 11 is 0. The summed E-state index contributed by atoms with van der Waals surface area (Å²) in [5, 5.41) is 9.06. The van der Waals surface area contributed by atoms with Crippen LogP contribution in [0.15, 0.2) is 36.7 Å². The molecule has 2 atom stereocenters. The zero-order valence-electron chi connectivity index (χ0n) is 17.7. The van der Waals surface area contributed by atoms with Crippen molar-refractivity contribution < 1.29 is 18.0 Å². The van der Waals surface area contributed by atoms with Crippen LogP contribution in [0, 0.1) is 17.5 Å². The monoisotopic (exact) mass is 452 g/mol. The van der Waals surface area contributed by atoms with Gasteiger partial charge in [0.2, 0.25) is 0 Å². The molecule has 2 bridgehead atoms. The number of rotatable bonds is 2. The summed E-state index contributed by atoms with van der Waals surface area (Å²) in [5.74, 6) is -4.16. The number of hydrogen-bond donors (Lipinski definition) is 0. The third-order valence-corrected chi connectivity index (χ3v) is 6.64. The van der Waals surface area contributed by atoms with Crippen molar-refractivity contribution in [2.75, 3.05) is 0 Å². The van der Waals surface area contributed by atoms with E-state index in [0.717, 1.165) is 37.0 Å². The quantitative estimate of drug-likeness (QED) is 0.434. The molecule has 10 heteroatoms. The zero-order chi connectivity index (χ0) is 22.9. The Balaban J connectivity index is 1.43. The van der Waals surface area contributed by atoms with Gasteiger partial charge in [0.25, 0.3) is 5.91 Å². The second-order valence-electron chi connectivity index (χ2n) is 8.56. The molecule has 1 saturated heterocycles. The molecule has 1 aromatic carbocycles. The van der Waals surface area contributed by atoms with Gasteiger partial charge < -0.3 is 4.90 Å². The van der Waals surface area contributed by atoms with Gasteiger partial charge in [0, 0.05) is 36.6 Å². The molecule has 0 N–H and O–H groups in total. The molecule has 0 saturated carbocycles. The average Bonchev–Trinajstić information content (AvgIpc) is 3.39. The van der Waals surface area contributed by atoms with Crippen LogP contribution in [0.5, 0.6) is 0 Å². The Morgan fingerprint density at radius 1 is 1.09 bits per heavy atom. The summed E-state index contributed by atoms with van der Waals surface area (Å²) in [5.41, 5.74) is 3.31. The lowest BCUT2D eigenvalue weighted by Gasteiger charge is -2.45. The topological polar surface area (TPSA) is 68.3 Å². The van der Waals surface area contributed by atoms with Crippen molar-refractivity contribution in [2.45, 2.75) is 37.8 Å². The summed E-state index contributed by atoms with van der Waals surface area (Å²) in [7, 11) is 1.69. The maximum Gasteiger partial charge on any atom is 0.275 e. The highest BCUT2D eigenvalue weighted by atomic mass is 19.2. The fourth-order valence-electron chi connectivity index (χ4n) is 5.26. The van der Waals surface area contributed by atoms with E-state index in [-0.39, 0.29) is 23.6 Å². The maximum absolute atomic E-state index is 14.0. The van der Waals surface area contributed by atoms with Crippen LogP contribution in [0.3, 0.4) is 0 Å². The summed E-state index contributed by atoms with van der Waals surface area (Å²) in [6.07, 6.45) is 6.27. The molecule has 1 amide bonds. The largest absolute Gasteiger partial charge is 0.325 e. The highest BCUT2D eigenvalue weighted by Crippen LogP contribution is 2.45. The number of imidazole rings is 1. The van der Waals surface area contributed by atoms with Crippen LogP contribution < -0.4 is 0 Å². The predicted molar refractivity (Wildman–Crippen MR) is 112 cm³/mol. The molecule has 0 aliphatic carbocycles. The van der Waals surface area contributed by atoms with E-state index in [0.29, 0.717) is 29.1 Å². The summed E-state index contributed by atoms with van der Waals surface area (Å²) in [6.45, 7) is 0. The fourth-order valence-corrected chi connectivity index (χ4v) is 5.26. The number of fused-ring (bicyclic) bond motifs is 5. The van der Waals surface area contributed by atoms with E-state index in [1.807, 2.05) is 4.90 Å². The van der Waals surface area contributed by atoms with E-state index in [2.05, 4.69) is 15.2 Å². The molecule has 2 unspecified atom stereocenters. The van der Waals surface area contributed by atoms with Crippen LogP contribution in [0.25, 0.3) is 16.9 Å². The number of benzene rings is 1. The first-order valence-electron chi connectivity index (χ1n) is 10.8. The van der Waals surface area contributed by atoms with E-state index >= 15 is 0 Å². The minimum absolute atomic E-state index is 0.0953. The van der Waals surface area contributed by atoms with Crippen LogP contribution in [-0.4, -0.2) is 41.2 Å². The second-order valence-corrected chi connectivity index (χ2v) is 8.56. The van der Waals surface area contributed by atoms with Gasteiger partial charge in [-0.2, -0.15) is 10.2 Å². The third kappa shape index (κ3) is 2.96. The Hall–Kier alpha value is -3.69. The van der Waals surface area contributed by atoms with Gasteiger partial charge in [0.1, 0.15) is 5.69 Å². The molecule has 1 fully saturated rings. The third-order valence-electron chi connectivity index (χ3n) is 6.64. The molecule has 168 valence electrons. The van der Waals surface area contributed by atoms with E-state index in [9.17, 15) is 18.0 Å². The minimum atomic E-state index is -1.49. The van der Waals surface area contributed by atoms with Gasteiger partial charge in [-0.1, -0.05) is 0 Å². The van der Waals surface area contributed by atoms with Crippen molar-refractivity contribution in [3.63, 3.8) is 0 Å². The van der Waals surface area contributed by atoms with Crippen molar-refractivity contribution in [3.05, 3.63) is 71.1 Å². The van der Waals surface area contributed by atoms with Gasteiger partial charge in [-0.3, -0.25) is 9.48 Å². The molecule has 0 spiro atoms. The second kappa shape index (κ2) is 7.16. The van der Waals surface area contributed by atoms with E-state index < -0.39 is 17.5 Å². The number of nitrogens with zero attached hydrogens (tertiary/aromatic N) is 6. The van der Waals surface area contributed by atoms with Crippen LogP contribution in [0.1, 0.15) is 47.1 Å². The number of aryl methyl sites for hydroxylation is 1. The molecule has 33 heavy (non-hydrogen) atoms. The molecule has 0 radical (unpaired) electrons. The normalized spacial score (nSPS) is 19.7. The number of hydrogen-bond acceptors (Lipinski definition) is 4. The molecular weight excluding hydrogens is 433 g/mol. The van der Waals surface area contributed by atoms with E-state index in [1.54, 1.807) is 40.8 Å². The SMILES string of the molecule is Cn1nc2c(c1-c1cc(F)c(F)c(F)c1)CC1CCCC2N1C(=O)c1ccc2nccn2n1. The number of carbonyl (C=O) groups is 1. The van der Waals surface area contributed by atoms with Crippen LogP contribution in [0.2, 0.25) is 0 Å². The molecule has 2 aliphatic rings. The molecule has 3 aromatic heterocycles. The molecule has 5 heterocycles. The highest BCUT2D eigenvalue weighted by molar-refractivity contribution is 5.93. The molecule has 4 aromatic rings. The molecule has 2 aliphatic heterocycles. The zero-order valence-corrected chi connectivity index (χ0v) is 17.7. The Morgan fingerprint density at radius 2 is 1.88 bits per heavy atom. The fraction of sp³-hybridized carbons (Fsp3) is 0.304. The highest BCUT2D eigenvalue weighted by Gasteiger charge is 2.44. The number of carbonyl (C=O) groups excluding carboxylic acids is 1. The van der Waals surface area contributed by atoms with Gasteiger partial charge in [-0.25, -0.2) is 22.7 Å². The smallest absolute Gasteiger partial charge is 0.275 e. The van der Waals surface area contributed by atoms with Crippen LogP contribution in [0.4, 0.5) is 13.2 Å². The Morgan fingerprint density at radius 3 is 2.67 bits per heavy atom. The van der Waals surface area contributed by atoms with Crippen LogP contribution >= 0.6 is 0 Å². The summed E-state index contributed by atoms with van der Waals surface area (Å²) in [6, 6.07) is 5.05. The first-order chi connectivity index (χ1) is 15.9. The molecule has 7 nitrogen and oxygen atoms in total. The standard InChI is InChI=1S/C23H19F3N6O/c1-30-22(12-9-15(24)20(26)16(25)10-12)14-11-13-3-2-4-18(21(14)29-30)32(13)23(33)17-5-6-19-27-7-8-31(19)28-17/h5-10,13,18H,2-4,11H2,1H3. The summed E-state index contributed by atoms with van der Waals surface area (Å²) < 4.78 is 44.6. The Labute approximate surface area is 186 Å². The van der Waals surface area contributed by atoms with Crippen molar-refractivity contribution in [3.8, 4) is 11.3 Å². The van der Waals surface area contributed by atoms with Crippen molar-refractivity contribution in [2.24, 2.45) is 7.05 Å². The van der Waals surface area contributed by atoms with Crippen molar-refractivity contribution >= 4 is 11.6 Å². The Bertz CT molecular complexity index is 1400. The van der Waals surface area contributed by atoms with Gasteiger partial charge in [0.15, 0.2) is 23.1 Å². The first kappa shape index (κ1) is 20.0. The average molecular weight is 452 g/mol. The first-order valence-corrected chi connectivity index (χ1v) is 10.8. The van der Waals surface area contributed by atoms with Gasteiger partial charge in [-0.05, 0) is 49.9 Å². The lowest BCUT2D eigenvalue weighted by Crippen LogP contribution is -2.50. The van der Waals surface area contributed by atoms with E-state index in [4.69, 9.17) is 0 Å². The van der Waals surface area contributed by atoms with E-state index in [1.165, 1.54) is 0 Å². The van der Waals surface area contributed by atoms with Crippen molar-refractivity contribution in [1.29, 1.82) is 0 Å². The predicted octanol–water partition coefficient (Wildman–Crippen LogP) is 3.84. The van der Waals surface area contributed by atoms with Gasteiger partial charge >= 0.3 is 0 Å². The number of amides is 1. The molecule has 6 rings (SSSR count). The summed E-state index contributed by atoms with van der Waals surface area (Å²) in [4.78, 5) is 19.5. The lowest BCUT2D eigenvalue weighted by molar-refractivity contribution is 0.0384. The number of piperidine rings is 1. The maximum atomic E-state index is 14.0. The van der Waals surface area contributed by atoms with Crippen LogP contribution in [-0.2, 0) is 13.5 Å². The Kier molecular flexibility index (Phi) is 4.33. The van der Waals surface area contributed by atoms with Gasteiger partial charge in [0.05, 0.1) is 17.4 Å². The van der Waals surface area contributed by atoms with Gasteiger partial charge in [-0.15, -0.1) is 0 Å². The molecular formula is C23H19F3N6O. The van der Waals surface area contributed by atoms with Crippen molar-refractivity contribution in [1.82, 2.24) is 29.3 Å². The number of aromatic nitrogens is 5.